The number of ether oxygens (including phenoxy) is 1. The highest BCUT2D eigenvalue weighted by Crippen LogP contribution is 2.51. The van der Waals surface area contributed by atoms with E-state index in [1.54, 1.807) is 19.3 Å². The van der Waals surface area contributed by atoms with E-state index in [1.165, 1.54) is 10.6 Å². The van der Waals surface area contributed by atoms with Crippen LogP contribution in [0.2, 0.25) is 0 Å². The van der Waals surface area contributed by atoms with Crippen molar-refractivity contribution in [3.63, 3.8) is 0 Å². The second-order valence-electron chi connectivity index (χ2n) is 6.42. The lowest BCUT2D eigenvalue weighted by Crippen LogP contribution is -2.64. The van der Waals surface area contributed by atoms with Crippen LogP contribution in [0.3, 0.4) is 0 Å². The van der Waals surface area contributed by atoms with Crippen LogP contribution in [0.25, 0.3) is 0 Å². The Labute approximate surface area is 138 Å². The van der Waals surface area contributed by atoms with Crippen LogP contribution in [0.1, 0.15) is 50.4 Å². The number of rotatable bonds is 6. The third kappa shape index (κ3) is 2.94. The zero-order valence-electron chi connectivity index (χ0n) is 14.8. The molecule has 1 aromatic rings. The van der Waals surface area contributed by atoms with Crippen LogP contribution in [-0.2, 0) is 11.8 Å². The molecule has 0 radical (unpaired) electrons. The fourth-order valence-corrected chi connectivity index (χ4v) is 3.95. The number of hydrogen-bond donors (Lipinski definition) is 0. The lowest BCUT2D eigenvalue weighted by molar-refractivity contribution is -0.159. The van der Waals surface area contributed by atoms with E-state index < -0.39 is 0 Å². The molecule has 0 saturated heterocycles. The predicted molar refractivity (Wildman–Crippen MR) is 90.6 cm³/mol. The van der Waals surface area contributed by atoms with Crippen molar-refractivity contribution in [3.05, 3.63) is 34.2 Å². The molecule has 0 unspecified atom stereocenters. The molecule has 0 spiro atoms. The molecule has 1 aromatic heterocycles. The normalized spacial score (nSPS) is 22.5. The lowest BCUT2D eigenvalue weighted by Gasteiger charge is -2.58. The number of aromatic nitrogens is 1. The molecule has 1 amide bonds. The Morgan fingerprint density at radius 3 is 2.52 bits per heavy atom. The van der Waals surface area contributed by atoms with E-state index in [4.69, 9.17) is 4.74 Å². The van der Waals surface area contributed by atoms with Crippen LogP contribution in [0.15, 0.2) is 23.1 Å². The van der Waals surface area contributed by atoms with Crippen LogP contribution in [0.4, 0.5) is 0 Å². The maximum Gasteiger partial charge on any atom is 0.255 e. The van der Waals surface area contributed by atoms with Crippen molar-refractivity contribution in [1.29, 1.82) is 0 Å². The van der Waals surface area contributed by atoms with E-state index >= 15 is 0 Å². The maximum absolute atomic E-state index is 12.8. The van der Waals surface area contributed by atoms with E-state index in [2.05, 4.69) is 13.8 Å². The Balaban J connectivity index is 2.22. The number of aryl methyl sites for hydroxylation is 1. The number of nitrogens with zero attached hydrogens (tertiary/aromatic N) is 2. The Kier molecular flexibility index (Phi) is 5.30. The molecule has 0 N–H and O–H groups in total. The van der Waals surface area contributed by atoms with Crippen molar-refractivity contribution in [2.75, 3.05) is 13.7 Å². The zero-order valence-corrected chi connectivity index (χ0v) is 14.8. The van der Waals surface area contributed by atoms with Gasteiger partial charge in [0.2, 0.25) is 5.56 Å². The average Bonchev–Trinajstić information content (AvgIpc) is 2.54. The average molecular weight is 320 g/mol. The smallest absolute Gasteiger partial charge is 0.255 e. The molecule has 0 aromatic carbocycles. The van der Waals surface area contributed by atoms with Crippen LogP contribution in [0, 0.1) is 5.41 Å². The largest absolute Gasteiger partial charge is 0.378 e. The first-order valence-electron chi connectivity index (χ1n) is 8.46. The molecule has 1 aliphatic rings. The van der Waals surface area contributed by atoms with E-state index in [-0.39, 0.29) is 29.0 Å². The third-order valence-corrected chi connectivity index (χ3v) is 5.55. The first-order chi connectivity index (χ1) is 10.9. The SMILES string of the molecule is CCO[C@H]1C[C@H](N(C)C(=O)c2ccc(=O)n(C)c2)C1(CC)CC. The van der Waals surface area contributed by atoms with Gasteiger partial charge in [-0.1, -0.05) is 13.8 Å². The van der Waals surface area contributed by atoms with Crippen LogP contribution >= 0.6 is 0 Å². The second kappa shape index (κ2) is 6.87. The molecule has 1 fully saturated rings. The molecular weight excluding hydrogens is 292 g/mol. The zero-order chi connectivity index (χ0) is 17.2. The fraction of sp³-hybridized carbons (Fsp3) is 0.667. The molecule has 1 aliphatic carbocycles. The summed E-state index contributed by atoms with van der Waals surface area (Å²) >= 11 is 0. The summed E-state index contributed by atoms with van der Waals surface area (Å²) in [6.45, 7) is 7.07. The van der Waals surface area contributed by atoms with Crippen molar-refractivity contribution in [2.24, 2.45) is 12.5 Å². The highest BCUT2D eigenvalue weighted by Gasteiger charge is 2.55. The maximum atomic E-state index is 12.8. The number of amides is 1. The van der Waals surface area contributed by atoms with Crippen LogP contribution < -0.4 is 5.56 Å². The van der Waals surface area contributed by atoms with Crippen molar-refractivity contribution < 1.29 is 9.53 Å². The summed E-state index contributed by atoms with van der Waals surface area (Å²) in [6, 6.07) is 3.23. The van der Waals surface area contributed by atoms with E-state index in [0.29, 0.717) is 12.2 Å². The van der Waals surface area contributed by atoms with E-state index in [9.17, 15) is 9.59 Å². The Morgan fingerprint density at radius 1 is 1.35 bits per heavy atom. The molecular formula is C18H28N2O3. The lowest BCUT2D eigenvalue weighted by atomic mass is 9.58. The summed E-state index contributed by atoms with van der Waals surface area (Å²) in [6.07, 6.45) is 4.69. The number of carbonyl (C=O) groups excluding carboxylic acids is 1. The minimum atomic E-state index is -0.110. The van der Waals surface area contributed by atoms with Gasteiger partial charge in [-0.3, -0.25) is 9.59 Å². The van der Waals surface area contributed by atoms with Gasteiger partial charge in [0.15, 0.2) is 0 Å². The molecule has 0 bridgehead atoms. The van der Waals surface area contributed by atoms with Gasteiger partial charge in [0.05, 0.1) is 11.7 Å². The van der Waals surface area contributed by atoms with Gasteiger partial charge in [-0.2, -0.15) is 0 Å². The molecule has 23 heavy (non-hydrogen) atoms. The summed E-state index contributed by atoms with van der Waals surface area (Å²) in [7, 11) is 3.52. The summed E-state index contributed by atoms with van der Waals surface area (Å²) in [5.74, 6) is -0.0353. The minimum absolute atomic E-state index is 0.0289. The highest BCUT2D eigenvalue weighted by atomic mass is 16.5. The van der Waals surface area contributed by atoms with Crippen LogP contribution in [-0.4, -0.2) is 41.2 Å². The van der Waals surface area contributed by atoms with Gasteiger partial charge in [0.1, 0.15) is 0 Å². The first-order valence-corrected chi connectivity index (χ1v) is 8.46. The second-order valence-corrected chi connectivity index (χ2v) is 6.42. The number of pyridine rings is 1. The third-order valence-electron chi connectivity index (χ3n) is 5.55. The molecule has 128 valence electrons. The van der Waals surface area contributed by atoms with Gasteiger partial charge in [-0.05, 0) is 32.3 Å². The molecule has 1 saturated carbocycles. The van der Waals surface area contributed by atoms with E-state index in [0.717, 1.165) is 19.3 Å². The Hall–Kier alpha value is -1.62. The van der Waals surface area contributed by atoms with Gasteiger partial charge in [-0.15, -0.1) is 0 Å². The summed E-state index contributed by atoms with van der Waals surface area (Å²) < 4.78 is 7.34. The van der Waals surface area contributed by atoms with Crippen molar-refractivity contribution >= 4 is 5.91 Å². The minimum Gasteiger partial charge on any atom is -0.378 e. The summed E-state index contributed by atoms with van der Waals surface area (Å²) in [4.78, 5) is 26.1. The standard InChI is InChI=1S/C18H28N2O3/c1-6-18(7-2)14(11-15(18)23-8-3)20(5)17(22)13-9-10-16(21)19(4)12-13/h9-10,12,14-15H,6-8,11H2,1-5H3/t14-,15-/m0/s1. The van der Waals surface area contributed by atoms with Crippen molar-refractivity contribution in [2.45, 2.75) is 52.2 Å². The Morgan fingerprint density at radius 2 is 2.00 bits per heavy atom. The van der Waals surface area contributed by atoms with Gasteiger partial charge < -0.3 is 14.2 Å². The molecule has 0 aliphatic heterocycles. The molecule has 1 heterocycles. The predicted octanol–water partition coefficient (Wildman–Crippen LogP) is 2.44. The Bertz CT molecular complexity index is 619. The summed E-state index contributed by atoms with van der Waals surface area (Å²) in [5, 5.41) is 0. The van der Waals surface area contributed by atoms with E-state index in [1.807, 2.05) is 18.9 Å². The number of carbonyl (C=O) groups is 1. The summed E-state index contributed by atoms with van der Waals surface area (Å²) in [5.41, 5.74) is 0.470. The van der Waals surface area contributed by atoms with Crippen LogP contribution in [0.5, 0.6) is 0 Å². The van der Waals surface area contributed by atoms with Gasteiger partial charge in [-0.25, -0.2) is 0 Å². The van der Waals surface area contributed by atoms with Crippen molar-refractivity contribution in [3.8, 4) is 0 Å². The van der Waals surface area contributed by atoms with Gasteiger partial charge in [0.25, 0.3) is 5.91 Å². The first kappa shape index (κ1) is 17.7. The molecule has 2 rings (SSSR count). The van der Waals surface area contributed by atoms with Gasteiger partial charge >= 0.3 is 0 Å². The highest BCUT2D eigenvalue weighted by molar-refractivity contribution is 5.94. The molecule has 5 nitrogen and oxygen atoms in total. The molecule has 2 atom stereocenters. The molecule has 5 heteroatoms. The fourth-order valence-electron chi connectivity index (χ4n) is 3.95. The quantitative estimate of drug-likeness (QED) is 0.809. The van der Waals surface area contributed by atoms with Crippen molar-refractivity contribution in [1.82, 2.24) is 9.47 Å². The number of hydrogen-bond acceptors (Lipinski definition) is 3. The topological polar surface area (TPSA) is 51.5 Å². The van der Waals surface area contributed by atoms with Gasteiger partial charge in [0, 0.05) is 44.4 Å². The monoisotopic (exact) mass is 320 g/mol.